The third-order valence-corrected chi connectivity index (χ3v) is 4.14. The van der Waals surface area contributed by atoms with Crippen LogP contribution in [0.25, 0.3) is 0 Å². The zero-order chi connectivity index (χ0) is 14.4. The van der Waals surface area contributed by atoms with Gasteiger partial charge in [0.2, 0.25) is 0 Å². The van der Waals surface area contributed by atoms with E-state index in [0.717, 1.165) is 17.1 Å². The molecule has 108 valence electrons. The topological polar surface area (TPSA) is 21.3 Å². The summed E-state index contributed by atoms with van der Waals surface area (Å²) in [5.74, 6) is 0. The van der Waals surface area contributed by atoms with Gasteiger partial charge in [-0.25, -0.2) is 0 Å². The molecule has 0 unspecified atom stereocenters. The Morgan fingerprint density at radius 2 is 1.75 bits per heavy atom. The summed E-state index contributed by atoms with van der Waals surface area (Å²) in [5.41, 5.74) is 1.15. The van der Waals surface area contributed by atoms with Gasteiger partial charge in [-0.1, -0.05) is 37.6 Å². The van der Waals surface area contributed by atoms with Crippen molar-refractivity contribution in [3.05, 3.63) is 56.7 Å². The molecule has 0 atom stereocenters. The molecule has 0 spiro atoms. The molecule has 2 aromatic rings. The highest BCUT2D eigenvalue weighted by molar-refractivity contribution is 7.11. The fourth-order valence-electron chi connectivity index (χ4n) is 1.75. The van der Waals surface area contributed by atoms with Gasteiger partial charge in [0.25, 0.3) is 0 Å². The van der Waals surface area contributed by atoms with Crippen molar-refractivity contribution in [2.24, 2.45) is 0 Å². The molecular formula is C16H20ClNOS. The third-order valence-electron chi connectivity index (χ3n) is 2.83. The van der Waals surface area contributed by atoms with Crippen molar-refractivity contribution < 1.29 is 4.74 Å². The first-order valence-corrected chi connectivity index (χ1v) is 7.96. The van der Waals surface area contributed by atoms with Crippen LogP contribution >= 0.6 is 22.9 Å². The maximum Gasteiger partial charge on any atom is 0.0814 e. The van der Waals surface area contributed by atoms with Crippen LogP contribution in [-0.4, -0.2) is 6.04 Å². The van der Waals surface area contributed by atoms with Gasteiger partial charge in [0.05, 0.1) is 13.2 Å². The first-order chi connectivity index (χ1) is 9.63. The molecule has 1 heterocycles. The minimum Gasteiger partial charge on any atom is -0.371 e. The Morgan fingerprint density at radius 1 is 1.05 bits per heavy atom. The van der Waals surface area contributed by atoms with E-state index in [1.807, 2.05) is 24.3 Å². The van der Waals surface area contributed by atoms with Crippen LogP contribution in [-0.2, 0) is 24.5 Å². The zero-order valence-electron chi connectivity index (χ0n) is 11.9. The number of thiophene rings is 1. The maximum atomic E-state index is 5.85. The van der Waals surface area contributed by atoms with Crippen molar-refractivity contribution in [2.45, 2.75) is 39.6 Å². The van der Waals surface area contributed by atoms with E-state index < -0.39 is 0 Å². The van der Waals surface area contributed by atoms with Crippen LogP contribution in [0, 0.1) is 0 Å². The summed E-state index contributed by atoms with van der Waals surface area (Å²) in [5, 5.41) is 4.18. The Hall–Kier alpha value is -0.870. The average molecular weight is 310 g/mol. The molecule has 0 bridgehead atoms. The molecular weight excluding hydrogens is 290 g/mol. The second-order valence-electron chi connectivity index (χ2n) is 5.02. The lowest BCUT2D eigenvalue weighted by Crippen LogP contribution is -2.21. The zero-order valence-corrected chi connectivity index (χ0v) is 13.4. The summed E-state index contributed by atoms with van der Waals surface area (Å²) in [6.07, 6.45) is 0. The van der Waals surface area contributed by atoms with Gasteiger partial charge in [-0.05, 0) is 29.8 Å². The molecule has 0 fully saturated rings. The molecule has 2 rings (SSSR count). The van der Waals surface area contributed by atoms with Gasteiger partial charge in [-0.3, -0.25) is 0 Å². The predicted octanol–water partition coefficient (Wildman–Crippen LogP) is 4.62. The minimum atomic E-state index is 0.515. The van der Waals surface area contributed by atoms with Crippen LogP contribution in [0.4, 0.5) is 0 Å². The molecule has 0 saturated carbocycles. The Kier molecular flexibility index (Phi) is 6.05. The van der Waals surface area contributed by atoms with E-state index in [-0.39, 0.29) is 0 Å². The lowest BCUT2D eigenvalue weighted by Gasteiger charge is -2.05. The van der Waals surface area contributed by atoms with Gasteiger partial charge in [0.15, 0.2) is 0 Å². The van der Waals surface area contributed by atoms with Gasteiger partial charge >= 0.3 is 0 Å². The Morgan fingerprint density at radius 3 is 2.45 bits per heavy atom. The van der Waals surface area contributed by atoms with Crippen LogP contribution in [0.15, 0.2) is 36.4 Å². The summed E-state index contributed by atoms with van der Waals surface area (Å²) in [7, 11) is 0. The van der Waals surface area contributed by atoms with Crippen LogP contribution in [0.3, 0.4) is 0 Å². The molecule has 1 aromatic carbocycles. The highest BCUT2D eigenvalue weighted by Gasteiger charge is 2.02. The molecule has 0 aliphatic heterocycles. The third kappa shape index (κ3) is 5.25. The fraction of sp³-hybridized carbons (Fsp3) is 0.375. The van der Waals surface area contributed by atoms with Crippen molar-refractivity contribution in [3.63, 3.8) is 0 Å². The van der Waals surface area contributed by atoms with E-state index in [2.05, 4.69) is 31.3 Å². The molecule has 0 radical (unpaired) electrons. The number of ether oxygens (including phenoxy) is 1. The number of nitrogens with one attached hydrogen (secondary N) is 1. The van der Waals surface area contributed by atoms with E-state index in [4.69, 9.17) is 16.3 Å². The van der Waals surface area contributed by atoms with E-state index in [1.54, 1.807) is 11.3 Å². The number of hydrogen-bond donors (Lipinski definition) is 1. The Labute approximate surface area is 129 Å². The van der Waals surface area contributed by atoms with Crippen molar-refractivity contribution in [1.82, 2.24) is 5.32 Å². The van der Waals surface area contributed by atoms with Gasteiger partial charge in [-0.2, -0.15) is 0 Å². The van der Waals surface area contributed by atoms with Crippen molar-refractivity contribution >= 4 is 22.9 Å². The molecule has 0 aliphatic carbocycles. The summed E-state index contributed by atoms with van der Waals surface area (Å²) >= 11 is 7.65. The quantitative estimate of drug-likeness (QED) is 0.806. The standard InChI is InChI=1S/C16H20ClNOS/c1-12(2)18-9-15-7-8-16(20-15)11-19-10-13-3-5-14(17)6-4-13/h3-8,12,18H,9-11H2,1-2H3. The molecule has 1 aromatic heterocycles. The lowest BCUT2D eigenvalue weighted by atomic mass is 10.2. The van der Waals surface area contributed by atoms with Crippen LogP contribution in [0.1, 0.15) is 29.2 Å². The second kappa shape index (κ2) is 7.79. The van der Waals surface area contributed by atoms with Crippen LogP contribution in [0.2, 0.25) is 5.02 Å². The van der Waals surface area contributed by atoms with Crippen LogP contribution < -0.4 is 5.32 Å². The maximum absolute atomic E-state index is 5.85. The van der Waals surface area contributed by atoms with Gasteiger partial charge in [0.1, 0.15) is 0 Å². The van der Waals surface area contributed by atoms with Crippen molar-refractivity contribution in [3.8, 4) is 0 Å². The second-order valence-corrected chi connectivity index (χ2v) is 6.71. The summed E-state index contributed by atoms with van der Waals surface area (Å²) in [6.45, 7) is 6.52. The molecule has 20 heavy (non-hydrogen) atoms. The van der Waals surface area contributed by atoms with Crippen molar-refractivity contribution in [1.29, 1.82) is 0 Å². The minimum absolute atomic E-state index is 0.515. The van der Waals surface area contributed by atoms with Gasteiger partial charge < -0.3 is 10.1 Å². The SMILES string of the molecule is CC(C)NCc1ccc(COCc2ccc(Cl)cc2)s1. The lowest BCUT2D eigenvalue weighted by molar-refractivity contribution is 0.109. The molecule has 0 amide bonds. The fourth-order valence-corrected chi connectivity index (χ4v) is 2.78. The normalized spacial score (nSPS) is 11.2. The summed E-state index contributed by atoms with van der Waals surface area (Å²) in [6, 6.07) is 12.6. The summed E-state index contributed by atoms with van der Waals surface area (Å²) < 4.78 is 5.73. The number of hydrogen-bond acceptors (Lipinski definition) is 3. The highest BCUT2D eigenvalue weighted by atomic mass is 35.5. The largest absolute Gasteiger partial charge is 0.371 e. The van der Waals surface area contributed by atoms with Crippen molar-refractivity contribution in [2.75, 3.05) is 0 Å². The number of benzene rings is 1. The predicted molar refractivity (Wildman–Crippen MR) is 86.2 cm³/mol. The average Bonchev–Trinajstić information content (AvgIpc) is 2.87. The molecule has 1 N–H and O–H groups in total. The molecule has 2 nitrogen and oxygen atoms in total. The van der Waals surface area contributed by atoms with E-state index in [0.29, 0.717) is 19.3 Å². The summed E-state index contributed by atoms with van der Waals surface area (Å²) in [4.78, 5) is 2.61. The van der Waals surface area contributed by atoms with E-state index >= 15 is 0 Å². The first-order valence-electron chi connectivity index (χ1n) is 6.76. The van der Waals surface area contributed by atoms with E-state index in [9.17, 15) is 0 Å². The van der Waals surface area contributed by atoms with E-state index in [1.165, 1.54) is 9.75 Å². The molecule has 0 aliphatic rings. The molecule has 4 heteroatoms. The highest BCUT2D eigenvalue weighted by Crippen LogP contribution is 2.18. The Bertz CT molecular complexity index is 522. The van der Waals surface area contributed by atoms with Gasteiger partial charge in [0, 0.05) is 27.4 Å². The monoisotopic (exact) mass is 309 g/mol. The Balaban J connectivity index is 1.75. The first kappa shape index (κ1) is 15.5. The molecule has 0 saturated heterocycles. The number of halogens is 1. The smallest absolute Gasteiger partial charge is 0.0814 e. The number of rotatable bonds is 7. The van der Waals surface area contributed by atoms with Crippen LogP contribution in [0.5, 0.6) is 0 Å². The van der Waals surface area contributed by atoms with Gasteiger partial charge in [-0.15, -0.1) is 11.3 Å².